The molecule has 7 nitrogen and oxygen atoms in total. The quantitative estimate of drug-likeness (QED) is 0.669. The number of carboxylic acids is 1. The molecule has 1 saturated heterocycles. The number of urea groups is 1. The van der Waals surface area contributed by atoms with Crippen molar-refractivity contribution in [2.45, 2.75) is 33.6 Å². The lowest BCUT2D eigenvalue weighted by atomic mass is 9.90. The molecule has 1 heterocycles. The summed E-state index contributed by atoms with van der Waals surface area (Å²) >= 11 is 0. The maximum Gasteiger partial charge on any atom is 0.321 e. The van der Waals surface area contributed by atoms with E-state index >= 15 is 0 Å². The van der Waals surface area contributed by atoms with Crippen LogP contribution in [0, 0.1) is 11.3 Å². The van der Waals surface area contributed by atoms with Crippen LogP contribution in [-0.2, 0) is 9.59 Å². The first-order valence-electron chi connectivity index (χ1n) is 7.26. The van der Waals surface area contributed by atoms with Gasteiger partial charge in [0.05, 0.1) is 12.0 Å². The number of rotatable bonds is 6. The van der Waals surface area contributed by atoms with Gasteiger partial charge in [0.25, 0.3) is 0 Å². The van der Waals surface area contributed by atoms with E-state index < -0.39 is 23.3 Å². The van der Waals surface area contributed by atoms with E-state index in [1.807, 2.05) is 0 Å². The molecule has 0 saturated carbocycles. The van der Waals surface area contributed by atoms with Crippen molar-refractivity contribution < 1.29 is 19.5 Å². The average molecular weight is 299 g/mol. The molecular weight excluding hydrogens is 274 g/mol. The summed E-state index contributed by atoms with van der Waals surface area (Å²) in [6.45, 7) is 7.22. The van der Waals surface area contributed by atoms with Crippen molar-refractivity contribution in [2.24, 2.45) is 11.3 Å². The molecule has 1 aliphatic heterocycles. The Morgan fingerprint density at radius 2 is 2.00 bits per heavy atom. The lowest BCUT2D eigenvalue weighted by molar-refractivity contribution is -0.147. The predicted molar refractivity (Wildman–Crippen MR) is 77.8 cm³/mol. The SMILES string of the molecule is CC(C)CCNC(=O)NC(=O)CN1CCC(C)(C(=O)O)C1. The number of nitrogens with one attached hydrogen (secondary N) is 2. The molecule has 0 aliphatic carbocycles. The highest BCUT2D eigenvalue weighted by Gasteiger charge is 2.40. The van der Waals surface area contributed by atoms with E-state index in [9.17, 15) is 14.4 Å². The normalized spacial score (nSPS) is 22.3. The number of hydrogen-bond acceptors (Lipinski definition) is 4. The summed E-state index contributed by atoms with van der Waals surface area (Å²) in [6.07, 6.45) is 1.36. The van der Waals surface area contributed by atoms with E-state index in [0.29, 0.717) is 32.0 Å². The molecule has 120 valence electrons. The second-order valence-corrected chi connectivity index (χ2v) is 6.31. The predicted octanol–water partition coefficient (Wildman–Crippen LogP) is 0.655. The molecule has 21 heavy (non-hydrogen) atoms. The molecule has 1 aliphatic rings. The van der Waals surface area contributed by atoms with Crippen LogP contribution in [0.5, 0.6) is 0 Å². The molecule has 1 unspecified atom stereocenters. The van der Waals surface area contributed by atoms with E-state index in [2.05, 4.69) is 24.5 Å². The molecule has 3 N–H and O–H groups in total. The molecule has 0 aromatic rings. The fourth-order valence-corrected chi connectivity index (χ4v) is 2.25. The lowest BCUT2D eigenvalue weighted by Crippen LogP contribution is -2.45. The topological polar surface area (TPSA) is 98.7 Å². The fourth-order valence-electron chi connectivity index (χ4n) is 2.25. The summed E-state index contributed by atoms with van der Waals surface area (Å²) in [5.74, 6) is -0.775. The van der Waals surface area contributed by atoms with Gasteiger partial charge in [-0.3, -0.25) is 19.8 Å². The number of carbonyl (C=O) groups excluding carboxylic acids is 2. The van der Waals surface area contributed by atoms with Gasteiger partial charge in [-0.1, -0.05) is 13.8 Å². The Kier molecular flexibility index (Phi) is 6.14. The van der Waals surface area contributed by atoms with Gasteiger partial charge in [0.15, 0.2) is 0 Å². The molecular formula is C14H25N3O4. The van der Waals surface area contributed by atoms with Crippen LogP contribution in [0.1, 0.15) is 33.6 Å². The molecule has 0 aromatic carbocycles. The van der Waals surface area contributed by atoms with Crippen molar-refractivity contribution >= 4 is 17.9 Å². The largest absolute Gasteiger partial charge is 0.481 e. The van der Waals surface area contributed by atoms with Gasteiger partial charge in [-0.15, -0.1) is 0 Å². The third-order valence-corrected chi connectivity index (χ3v) is 3.70. The van der Waals surface area contributed by atoms with Crippen LogP contribution in [0.2, 0.25) is 0 Å². The number of carboxylic acid groups (broad SMARTS) is 1. The van der Waals surface area contributed by atoms with Crippen LogP contribution in [0.4, 0.5) is 4.79 Å². The van der Waals surface area contributed by atoms with Crippen LogP contribution in [0.3, 0.4) is 0 Å². The van der Waals surface area contributed by atoms with E-state index in [4.69, 9.17) is 5.11 Å². The van der Waals surface area contributed by atoms with Gasteiger partial charge in [0.2, 0.25) is 5.91 Å². The van der Waals surface area contributed by atoms with Crippen LogP contribution in [0.25, 0.3) is 0 Å². The lowest BCUT2D eigenvalue weighted by Gasteiger charge is -2.19. The molecule has 1 rings (SSSR count). The Morgan fingerprint density at radius 1 is 1.33 bits per heavy atom. The maximum atomic E-state index is 11.7. The maximum absolute atomic E-state index is 11.7. The van der Waals surface area contributed by atoms with Gasteiger partial charge in [-0.25, -0.2) is 4.79 Å². The van der Waals surface area contributed by atoms with E-state index in [-0.39, 0.29) is 6.54 Å². The van der Waals surface area contributed by atoms with Crippen molar-refractivity contribution in [3.8, 4) is 0 Å². The van der Waals surface area contributed by atoms with Crippen LogP contribution in [-0.4, -0.2) is 54.1 Å². The molecule has 1 atom stereocenters. The molecule has 1 fully saturated rings. The third kappa shape index (κ3) is 5.71. The Labute approximate surface area is 125 Å². The Balaban J connectivity index is 2.28. The highest BCUT2D eigenvalue weighted by atomic mass is 16.4. The first kappa shape index (κ1) is 17.4. The zero-order valence-corrected chi connectivity index (χ0v) is 12.9. The van der Waals surface area contributed by atoms with Gasteiger partial charge in [-0.05, 0) is 32.2 Å². The van der Waals surface area contributed by atoms with Crippen molar-refractivity contribution in [3.05, 3.63) is 0 Å². The summed E-state index contributed by atoms with van der Waals surface area (Å²) in [4.78, 5) is 36.1. The molecule has 0 spiro atoms. The Morgan fingerprint density at radius 3 is 2.52 bits per heavy atom. The van der Waals surface area contributed by atoms with Crippen molar-refractivity contribution in [2.75, 3.05) is 26.2 Å². The summed E-state index contributed by atoms with van der Waals surface area (Å²) in [5, 5.41) is 14.0. The van der Waals surface area contributed by atoms with E-state index in [1.54, 1.807) is 11.8 Å². The van der Waals surface area contributed by atoms with Crippen molar-refractivity contribution in [1.82, 2.24) is 15.5 Å². The standard InChI is InChI=1S/C14H25N3O4/c1-10(2)4-6-15-13(21)16-11(18)8-17-7-5-14(3,9-17)12(19)20/h10H,4-9H2,1-3H3,(H,19,20)(H2,15,16,18,21). The smallest absolute Gasteiger partial charge is 0.321 e. The summed E-state index contributed by atoms with van der Waals surface area (Å²) in [5.41, 5.74) is -0.806. The Bertz CT molecular complexity index is 411. The van der Waals surface area contributed by atoms with Gasteiger partial charge in [0.1, 0.15) is 0 Å². The summed E-state index contributed by atoms with van der Waals surface area (Å²) in [7, 11) is 0. The highest BCUT2D eigenvalue weighted by molar-refractivity contribution is 5.95. The zero-order chi connectivity index (χ0) is 16.0. The second kappa shape index (κ2) is 7.40. The second-order valence-electron chi connectivity index (χ2n) is 6.31. The van der Waals surface area contributed by atoms with Gasteiger partial charge >= 0.3 is 12.0 Å². The Hall–Kier alpha value is -1.63. The highest BCUT2D eigenvalue weighted by Crippen LogP contribution is 2.29. The van der Waals surface area contributed by atoms with Gasteiger partial charge in [-0.2, -0.15) is 0 Å². The molecule has 3 amide bonds. The molecule has 0 bridgehead atoms. The number of nitrogens with zero attached hydrogens (tertiary/aromatic N) is 1. The molecule has 0 radical (unpaired) electrons. The number of hydrogen-bond donors (Lipinski definition) is 3. The number of likely N-dealkylation sites (tertiary alicyclic amines) is 1. The number of aliphatic carboxylic acids is 1. The van der Waals surface area contributed by atoms with Crippen molar-refractivity contribution in [1.29, 1.82) is 0 Å². The fraction of sp³-hybridized carbons (Fsp3) is 0.786. The third-order valence-electron chi connectivity index (χ3n) is 3.70. The van der Waals surface area contributed by atoms with Crippen LogP contribution >= 0.6 is 0 Å². The van der Waals surface area contributed by atoms with E-state index in [1.165, 1.54) is 0 Å². The van der Waals surface area contributed by atoms with Crippen molar-refractivity contribution in [3.63, 3.8) is 0 Å². The first-order valence-corrected chi connectivity index (χ1v) is 7.26. The minimum absolute atomic E-state index is 0.0421. The summed E-state index contributed by atoms with van der Waals surface area (Å²) in [6, 6.07) is -0.499. The number of amides is 3. The monoisotopic (exact) mass is 299 g/mol. The number of imide groups is 1. The zero-order valence-electron chi connectivity index (χ0n) is 12.9. The molecule has 7 heteroatoms. The van der Waals surface area contributed by atoms with Gasteiger partial charge in [0, 0.05) is 13.1 Å². The minimum Gasteiger partial charge on any atom is -0.481 e. The van der Waals surface area contributed by atoms with Crippen LogP contribution in [0.15, 0.2) is 0 Å². The molecule has 0 aromatic heterocycles. The number of carbonyl (C=O) groups is 3. The summed E-state index contributed by atoms with van der Waals surface area (Å²) < 4.78 is 0. The minimum atomic E-state index is -0.850. The van der Waals surface area contributed by atoms with Crippen LogP contribution < -0.4 is 10.6 Å². The first-order chi connectivity index (χ1) is 9.73. The average Bonchev–Trinajstić information content (AvgIpc) is 2.71. The van der Waals surface area contributed by atoms with Gasteiger partial charge < -0.3 is 10.4 Å². The van der Waals surface area contributed by atoms with E-state index in [0.717, 1.165) is 6.42 Å².